The largest absolute Gasteiger partial charge is 0.383 e. The zero-order chi connectivity index (χ0) is 21.0. The number of piperidine rings is 1. The number of benzene rings is 2. The number of carbonyl (C=O) groups is 1. The fraction of sp³-hybridized carbons (Fsp3) is 0.316. The summed E-state index contributed by atoms with van der Waals surface area (Å²) in [5.41, 5.74) is 0.469. The Kier molecular flexibility index (Phi) is 6.14. The number of anilines is 2. The Morgan fingerprint density at radius 3 is 2.48 bits per heavy atom. The molecular weight excluding hydrogens is 396 g/mol. The Hall–Kier alpha value is -2.98. The third-order valence-corrected chi connectivity index (χ3v) is 6.67. The van der Waals surface area contributed by atoms with Gasteiger partial charge in [0.15, 0.2) is 0 Å². The summed E-state index contributed by atoms with van der Waals surface area (Å²) in [6.07, 6.45) is 2.68. The molecule has 1 aliphatic heterocycles. The second kappa shape index (κ2) is 8.58. The van der Waals surface area contributed by atoms with Crippen molar-refractivity contribution in [3.05, 3.63) is 58.1 Å². The first-order valence-electron chi connectivity index (χ1n) is 9.20. The summed E-state index contributed by atoms with van der Waals surface area (Å²) in [4.78, 5) is 23.2. The molecule has 154 valence electrons. The maximum Gasteiger partial charge on any atom is 0.293 e. The summed E-state index contributed by atoms with van der Waals surface area (Å²) in [6, 6.07) is 10.1. The van der Waals surface area contributed by atoms with Gasteiger partial charge in [0, 0.05) is 37.5 Å². The van der Waals surface area contributed by atoms with Crippen LogP contribution in [0.15, 0.2) is 47.4 Å². The Labute approximate surface area is 168 Å². The molecule has 2 aromatic rings. The summed E-state index contributed by atoms with van der Waals surface area (Å²) in [6.45, 7) is 0.973. The van der Waals surface area contributed by atoms with E-state index in [2.05, 4.69) is 10.6 Å². The fourth-order valence-electron chi connectivity index (χ4n) is 3.23. The molecular formula is C19H22N4O5S. The predicted octanol–water partition coefficient (Wildman–Crippen LogP) is 3.06. The lowest BCUT2D eigenvalue weighted by molar-refractivity contribution is -0.384. The lowest BCUT2D eigenvalue weighted by atomic mass is 10.1. The quantitative estimate of drug-likeness (QED) is 0.549. The minimum absolute atomic E-state index is 0.0972. The van der Waals surface area contributed by atoms with Gasteiger partial charge in [0.2, 0.25) is 10.0 Å². The molecule has 1 fully saturated rings. The number of sulfonamides is 1. The Morgan fingerprint density at radius 2 is 1.83 bits per heavy atom. The van der Waals surface area contributed by atoms with Crippen molar-refractivity contribution in [1.82, 2.24) is 4.31 Å². The maximum absolute atomic E-state index is 12.8. The normalized spacial score (nSPS) is 14.9. The number of nitrogens with zero attached hydrogens (tertiary/aromatic N) is 2. The molecule has 0 spiro atoms. The van der Waals surface area contributed by atoms with Gasteiger partial charge in [0.1, 0.15) is 5.69 Å². The standard InChI is InChI=1S/C19H22N4O5S/c1-20-17-9-8-14(12-18(17)23(25)26)19(24)21-15-6-5-7-16(13-15)29(27,28)22-10-3-2-4-11-22/h5-9,12-13,20H,2-4,10-11H2,1H3,(H,21,24). The van der Waals surface area contributed by atoms with Crippen LogP contribution < -0.4 is 10.6 Å². The van der Waals surface area contributed by atoms with Crippen molar-refractivity contribution in [1.29, 1.82) is 0 Å². The number of nitrogens with one attached hydrogen (secondary N) is 2. The first kappa shape index (κ1) is 20.7. The molecule has 0 aliphatic carbocycles. The third kappa shape index (κ3) is 4.54. The molecule has 9 nitrogen and oxygen atoms in total. The summed E-state index contributed by atoms with van der Waals surface area (Å²) in [5.74, 6) is -0.566. The molecule has 10 heteroatoms. The van der Waals surface area contributed by atoms with Crippen LogP contribution in [0.3, 0.4) is 0 Å². The molecule has 0 unspecified atom stereocenters. The average Bonchev–Trinajstić information content (AvgIpc) is 2.74. The van der Waals surface area contributed by atoms with E-state index in [9.17, 15) is 23.3 Å². The number of hydrogen-bond donors (Lipinski definition) is 2. The van der Waals surface area contributed by atoms with E-state index in [1.54, 1.807) is 19.2 Å². The highest BCUT2D eigenvalue weighted by Crippen LogP contribution is 2.26. The van der Waals surface area contributed by atoms with Gasteiger partial charge in [-0.25, -0.2) is 8.42 Å². The van der Waals surface area contributed by atoms with Crippen molar-refractivity contribution in [3.63, 3.8) is 0 Å². The van der Waals surface area contributed by atoms with Crippen LogP contribution in [0.5, 0.6) is 0 Å². The van der Waals surface area contributed by atoms with Crippen LogP contribution in [0.25, 0.3) is 0 Å². The summed E-state index contributed by atoms with van der Waals surface area (Å²) >= 11 is 0. The van der Waals surface area contributed by atoms with Crippen molar-refractivity contribution in [2.75, 3.05) is 30.8 Å². The van der Waals surface area contributed by atoms with Crippen LogP contribution in [-0.4, -0.2) is 43.7 Å². The number of amides is 1. The van der Waals surface area contributed by atoms with Gasteiger partial charge < -0.3 is 10.6 Å². The molecule has 1 aliphatic rings. The Balaban J connectivity index is 1.82. The molecule has 0 aromatic heterocycles. The number of carbonyl (C=O) groups excluding carboxylic acids is 1. The van der Waals surface area contributed by atoms with E-state index in [1.807, 2.05) is 0 Å². The highest BCUT2D eigenvalue weighted by molar-refractivity contribution is 7.89. The van der Waals surface area contributed by atoms with Crippen molar-refractivity contribution in [2.24, 2.45) is 0 Å². The molecule has 0 radical (unpaired) electrons. The lowest BCUT2D eigenvalue weighted by Crippen LogP contribution is -2.35. The van der Waals surface area contributed by atoms with Crippen LogP contribution in [-0.2, 0) is 10.0 Å². The van der Waals surface area contributed by atoms with Gasteiger partial charge in [-0.2, -0.15) is 4.31 Å². The van der Waals surface area contributed by atoms with E-state index in [-0.39, 0.29) is 16.1 Å². The molecule has 2 N–H and O–H groups in total. The maximum atomic E-state index is 12.8. The van der Waals surface area contributed by atoms with E-state index in [4.69, 9.17) is 0 Å². The van der Waals surface area contributed by atoms with Crippen LogP contribution in [0.2, 0.25) is 0 Å². The average molecular weight is 418 g/mol. The van der Waals surface area contributed by atoms with Crippen molar-refractivity contribution in [3.8, 4) is 0 Å². The van der Waals surface area contributed by atoms with E-state index < -0.39 is 20.9 Å². The minimum atomic E-state index is -3.63. The molecule has 29 heavy (non-hydrogen) atoms. The summed E-state index contributed by atoms with van der Waals surface area (Å²) < 4.78 is 27.1. The van der Waals surface area contributed by atoms with Gasteiger partial charge in [-0.05, 0) is 43.2 Å². The first-order valence-corrected chi connectivity index (χ1v) is 10.6. The molecule has 3 rings (SSSR count). The van der Waals surface area contributed by atoms with Gasteiger partial charge in [0.05, 0.1) is 9.82 Å². The van der Waals surface area contributed by atoms with Crippen molar-refractivity contribution >= 4 is 33.0 Å². The first-order chi connectivity index (χ1) is 13.8. The number of nitro groups is 1. The van der Waals surface area contributed by atoms with Gasteiger partial charge >= 0.3 is 0 Å². The van der Waals surface area contributed by atoms with E-state index >= 15 is 0 Å². The van der Waals surface area contributed by atoms with E-state index in [0.717, 1.165) is 19.3 Å². The second-order valence-corrected chi connectivity index (χ2v) is 8.62. The highest BCUT2D eigenvalue weighted by atomic mass is 32.2. The number of nitro benzene ring substituents is 1. The molecule has 1 saturated heterocycles. The fourth-order valence-corrected chi connectivity index (χ4v) is 4.79. The molecule has 0 bridgehead atoms. The third-order valence-electron chi connectivity index (χ3n) is 4.77. The zero-order valence-corrected chi connectivity index (χ0v) is 16.7. The van der Waals surface area contributed by atoms with E-state index in [0.29, 0.717) is 24.5 Å². The molecule has 0 saturated carbocycles. The monoisotopic (exact) mass is 418 g/mol. The topological polar surface area (TPSA) is 122 Å². The SMILES string of the molecule is CNc1ccc(C(=O)Nc2cccc(S(=O)(=O)N3CCCCC3)c2)cc1[N+](=O)[O-]. The minimum Gasteiger partial charge on any atom is -0.383 e. The smallest absolute Gasteiger partial charge is 0.293 e. The van der Waals surface area contributed by atoms with Gasteiger partial charge in [0.25, 0.3) is 11.6 Å². The second-order valence-electron chi connectivity index (χ2n) is 6.69. The van der Waals surface area contributed by atoms with E-state index in [1.165, 1.54) is 34.6 Å². The van der Waals surface area contributed by atoms with Crippen LogP contribution in [0.1, 0.15) is 29.6 Å². The highest BCUT2D eigenvalue weighted by Gasteiger charge is 2.26. The number of hydrogen-bond acceptors (Lipinski definition) is 6. The molecule has 1 amide bonds. The van der Waals surface area contributed by atoms with Crippen LogP contribution in [0.4, 0.5) is 17.1 Å². The van der Waals surface area contributed by atoms with Gasteiger partial charge in [-0.3, -0.25) is 14.9 Å². The summed E-state index contributed by atoms with van der Waals surface area (Å²) in [7, 11) is -2.08. The van der Waals surface area contributed by atoms with Crippen LogP contribution in [0, 0.1) is 10.1 Å². The van der Waals surface area contributed by atoms with Gasteiger partial charge in [-0.1, -0.05) is 12.5 Å². The predicted molar refractivity (Wildman–Crippen MR) is 110 cm³/mol. The van der Waals surface area contributed by atoms with Gasteiger partial charge in [-0.15, -0.1) is 0 Å². The van der Waals surface area contributed by atoms with Crippen molar-refractivity contribution < 1.29 is 18.1 Å². The summed E-state index contributed by atoms with van der Waals surface area (Å²) in [5, 5.41) is 16.5. The molecule has 0 atom stereocenters. The number of rotatable bonds is 6. The Morgan fingerprint density at radius 1 is 1.10 bits per heavy atom. The Bertz CT molecular complexity index is 1030. The lowest BCUT2D eigenvalue weighted by Gasteiger charge is -2.26. The molecule has 2 aromatic carbocycles. The van der Waals surface area contributed by atoms with Crippen LogP contribution >= 0.6 is 0 Å². The zero-order valence-electron chi connectivity index (χ0n) is 15.9. The molecule has 1 heterocycles. The van der Waals surface area contributed by atoms with Crippen molar-refractivity contribution in [2.45, 2.75) is 24.2 Å².